The van der Waals surface area contributed by atoms with Crippen molar-refractivity contribution in [3.63, 3.8) is 0 Å². The van der Waals surface area contributed by atoms with E-state index in [2.05, 4.69) is 20.6 Å². The molecule has 0 aliphatic carbocycles. The van der Waals surface area contributed by atoms with Gasteiger partial charge in [-0.3, -0.25) is 4.99 Å². The van der Waals surface area contributed by atoms with Crippen LogP contribution in [0.5, 0.6) is 0 Å². The number of aliphatic imine (C=N–C) groups is 1. The number of hydrogen-bond acceptors (Lipinski definition) is 4. The van der Waals surface area contributed by atoms with Gasteiger partial charge in [0.05, 0.1) is 18.4 Å². The molecular weight excluding hydrogens is 326 g/mol. The van der Waals surface area contributed by atoms with Gasteiger partial charge in [0.2, 0.25) is 0 Å². The van der Waals surface area contributed by atoms with E-state index in [9.17, 15) is 4.79 Å². The van der Waals surface area contributed by atoms with Gasteiger partial charge in [0.1, 0.15) is 5.82 Å². The molecule has 0 amide bonds. The maximum atomic E-state index is 11.7. The molecule has 0 atom stereocenters. The molecule has 0 radical (unpaired) electrons. The number of aromatic nitrogens is 2. The average Bonchev–Trinajstić information content (AvgIpc) is 2.94. The van der Waals surface area contributed by atoms with E-state index in [0.717, 1.165) is 34.0 Å². The first-order chi connectivity index (χ1) is 12.5. The number of aryl methyl sites for hydroxylation is 2. The zero-order valence-corrected chi connectivity index (χ0v) is 15.4. The van der Waals surface area contributed by atoms with Gasteiger partial charge in [0, 0.05) is 29.4 Å². The average molecular weight is 347 g/mol. The maximum Gasteiger partial charge on any atom is 0.337 e. The molecule has 3 aromatic rings. The summed E-state index contributed by atoms with van der Waals surface area (Å²) in [5.41, 5.74) is 5.39. The van der Waals surface area contributed by atoms with Crippen LogP contribution in [0, 0.1) is 20.8 Å². The predicted molar refractivity (Wildman–Crippen MR) is 103 cm³/mol. The molecule has 0 spiro atoms. The van der Waals surface area contributed by atoms with Crippen LogP contribution in [0.25, 0.3) is 5.82 Å². The van der Waals surface area contributed by atoms with Crippen LogP contribution in [0.2, 0.25) is 0 Å². The smallest absolute Gasteiger partial charge is 0.337 e. The second-order valence-electron chi connectivity index (χ2n) is 6.10. The van der Waals surface area contributed by atoms with E-state index in [1.807, 2.05) is 51.3 Å². The SMILES string of the molecule is COC(=O)c1ccc(C)c(N=Cc2cc(C)n(-c3ccccn3)c2C)c1. The summed E-state index contributed by atoms with van der Waals surface area (Å²) in [6.07, 6.45) is 3.61. The molecule has 3 rings (SSSR count). The molecule has 5 nitrogen and oxygen atoms in total. The highest BCUT2D eigenvalue weighted by Gasteiger charge is 2.11. The van der Waals surface area contributed by atoms with Crippen LogP contribution in [0.4, 0.5) is 5.69 Å². The second kappa shape index (κ2) is 7.35. The van der Waals surface area contributed by atoms with Crippen molar-refractivity contribution in [2.45, 2.75) is 20.8 Å². The van der Waals surface area contributed by atoms with Gasteiger partial charge in [-0.15, -0.1) is 0 Å². The Morgan fingerprint density at radius 3 is 2.65 bits per heavy atom. The highest BCUT2D eigenvalue weighted by Crippen LogP contribution is 2.23. The summed E-state index contributed by atoms with van der Waals surface area (Å²) >= 11 is 0. The van der Waals surface area contributed by atoms with E-state index in [-0.39, 0.29) is 5.97 Å². The van der Waals surface area contributed by atoms with Crippen molar-refractivity contribution < 1.29 is 9.53 Å². The van der Waals surface area contributed by atoms with Crippen LogP contribution < -0.4 is 0 Å². The van der Waals surface area contributed by atoms with Gasteiger partial charge in [0.15, 0.2) is 0 Å². The minimum atomic E-state index is -0.366. The molecule has 2 aromatic heterocycles. The van der Waals surface area contributed by atoms with Crippen LogP contribution in [-0.2, 0) is 4.74 Å². The number of methoxy groups -OCH3 is 1. The summed E-state index contributed by atoms with van der Waals surface area (Å²) in [6, 6.07) is 13.3. The Morgan fingerprint density at radius 1 is 1.15 bits per heavy atom. The number of carbonyl (C=O) groups excluding carboxylic acids is 1. The highest BCUT2D eigenvalue weighted by molar-refractivity contribution is 5.91. The first-order valence-corrected chi connectivity index (χ1v) is 8.34. The Labute approximate surface area is 153 Å². The Kier molecular flexibility index (Phi) is 4.98. The molecule has 0 unspecified atom stereocenters. The van der Waals surface area contributed by atoms with E-state index in [1.165, 1.54) is 7.11 Å². The summed E-state index contributed by atoms with van der Waals surface area (Å²) in [4.78, 5) is 20.7. The molecule has 132 valence electrons. The number of pyridine rings is 1. The molecule has 26 heavy (non-hydrogen) atoms. The third-order valence-electron chi connectivity index (χ3n) is 4.32. The number of benzene rings is 1. The maximum absolute atomic E-state index is 11.7. The van der Waals surface area contributed by atoms with Crippen LogP contribution in [0.15, 0.2) is 53.7 Å². The third-order valence-corrected chi connectivity index (χ3v) is 4.32. The van der Waals surface area contributed by atoms with Crippen molar-refractivity contribution in [1.29, 1.82) is 0 Å². The molecule has 0 aliphatic heterocycles. The molecular formula is C21H21N3O2. The number of rotatable bonds is 4. The lowest BCUT2D eigenvalue weighted by atomic mass is 10.1. The van der Waals surface area contributed by atoms with Crippen molar-refractivity contribution in [2.24, 2.45) is 4.99 Å². The second-order valence-corrected chi connectivity index (χ2v) is 6.10. The first-order valence-electron chi connectivity index (χ1n) is 8.34. The Balaban J connectivity index is 1.96. The Hall–Kier alpha value is -3.21. The van der Waals surface area contributed by atoms with Crippen molar-refractivity contribution in [3.8, 4) is 5.82 Å². The lowest BCUT2D eigenvalue weighted by Crippen LogP contribution is -2.01. The summed E-state index contributed by atoms with van der Waals surface area (Å²) in [7, 11) is 1.37. The zero-order chi connectivity index (χ0) is 18.7. The normalized spacial score (nSPS) is 11.1. The molecule has 5 heteroatoms. The van der Waals surface area contributed by atoms with E-state index in [0.29, 0.717) is 5.56 Å². The number of ether oxygens (including phenoxy) is 1. The van der Waals surface area contributed by atoms with Gasteiger partial charge in [-0.2, -0.15) is 0 Å². The summed E-state index contributed by atoms with van der Waals surface area (Å²) in [5.74, 6) is 0.515. The number of carbonyl (C=O) groups is 1. The zero-order valence-electron chi connectivity index (χ0n) is 15.4. The van der Waals surface area contributed by atoms with Gasteiger partial charge in [0.25, 0.3) is 0 Å². The monoisotopic (exact) mass is 347 g/mol. The molecule has 0 bridgehead atoms. The summed E-state index contributed by atoms with van der Waals surface area (Å²) in [5, 5.41) is 0. The fourth-order valence-electron chi connectivity index (χ4n) is 2.89. The summed E-state index contributed by atoms with van der Waals surface area (Å²) < 4.78 is 6.88. The molecule has 0 saturated heterocycles. The number of nitrogens with zero attached hydrogens (tertiary/aromatic N) is 3. The van der Waals surface area contributed by atoms with Crippen LogP contribution in [0.3, 0.4) is 0 Å². The molecule has 0 fully saturated rings. The fraction of sp³-hybridized carbons (Fsp3) is 0.190. The van der Waals surface area contributed by atoms with Crippen LogP contribution in [-0.4, -0.2) is 28.8 Å². The highest BCUT2D eigenvalue weighted by atomic mass is 16.5. The van der Waals surface area contributed by atoms with Crippen molar-refractivity contribution in [1.82, 2.24) is 9.55 Å². The fourth-order valence-corrected chi connectivity index (χ4v) is 2.89. The summed E-state index contributed by atoms with van der Waals surface area (Å²) in [6.45, 7) is 6.05. The van der Waals surface area contributed by atoms with Gasteiger partial charge >= 0.3 is 5.97 Å². The predicted octanol–water partition coefficient (Wildman–Crippen LogP) is 4.33. The number of hydrogen-bond donors (Lipinski definition) is 0. The minimum Gasteiger partial charge on any atom is -0.465 e. The lowest BCUT2D eigenvalue weighted by Gasteiger charge is -2.07. The molecule has 2 heterocycles. The van der Waals surface area contributed by atoms with Crippen molar-refractivity contribution >= 4 is 17.9 Å². The molecule has 0 saturated carbocycles. The van der Waals surface area contributed by atoms with E-state index < -0.39 is 0 Å². The molecule has 0 N–H and O–H groups in total. The topological polar surface area (TPSA) is 56.5 Å². The van der Waals surface area contributed by atoms with E-state index in [4.69, 9.17) is 4.74 Å². The van der Waals surface area contributed by atoms with Crippen molar-refractivity contribution in [2.75, 3.05) is 7.11 Å². The quantitative estimate of drug-likeness (QED) is 0.521. The van der Waals surface area contributed by atoms with Gasteiger partial charge in [-0.25, -0.2) is 9.78 Å². The standard InChI is InChI=1S/C21H21N3O2/c1-14-8-9-17(21(25)26-4)12-19(14)23-13-18-11-15(2)24(16(18)3)20-7-5-6-10-22-20/h5-13H,1-4H3. The van der Waals surface area contributed by atoms with Gasteiger partial charge in [-0.1, -0.05) is 12.1 Å². The third kappa shape index (κ3) is 3.42. The largest absolute Gasteiger partial charge is 0.465 e. The van der Waals surface area contributed by atoms with E-state index in [1.54, 1.807) is 18.3 Å². The van der Waals surface area contributed by atoms with Gasteiger partial charge < -0.3 is 9.30 Å². The first kappa shape index (κ1) is 17.6. The van der Waals surface area contributed by atoms with Gasteiger partial charge in [-0.05, 0) is 56.7 Å². The minimum absolute atomic E-state index is 0.366. The van der Waals surface area contributed by atoms with Crippen LogP contribution in [0.1, 0.15) is 32.9 Å². The lowest BCUT2D eigenvalue weighted by molar-refractivity contribution is 0.0601. The molecule has 1 aromatic carbocycles. The Bertz CT molecular complexity index is 972. The Morgan fingerprint density at radius 2 is 1.96 bits per heavy atom. The van der Waals surface area contributed by atoms with Crippen LogP contribution >= 0.6 is 0 Å². The van der Waals surface area contributed by atoms with Crippen molar-refractivity contribution in [3.05, 3.63) is 76.7 Å². The van der Waals surface area contributed by atoms with E-state index >= 15 is 0 Å². The number of esters is 1. The molecule has 0 aliphatic rings.